The van der Waals surface area contributed by atoms with E-state index in [2.05, 4.69) is 156 Å². The average Bonchev–Trinajstić information content (AvgIpc) is 3.49. The maximum absolute atomic E-state index is 9.56. The monoisotopic (exact) mass is 627 g/mol. The quantitative estimate of drug-likeness (QED) is 0.141. The zero-order valence-electron chi connectivity index (χ0n) is 26.1. The maximum Gasteiger partial charge on any atom is 0.179 e. The fourth-order valence-electron chi connectivity index (χ4n) is 7.22. The Bertz CT molecular complexity index is 2320. The minimum absolute atomic E-state index is 0.599. The van der Waals surface area contributed by atoms with Gasteiger partial charge in [0.1, 0.15) is 0 Å². The Kier molecular flexibility index (Phi) is 7.27. The summed E-state index contributed by atoms with van der Waals surface area (Å²) >= 11 is 0. The van der Waals surface area contributed by atoms with Gasteiger partial charge in [-0.2, -0.15) is 10.5 Å². The van der Waals surface area contributed by atoms with Crippen LogP contribution in [0, 0.1) is 22.7 Å². The van der Waals surface area contributed by atoms with Gasteiger partial charge in [0, 0.05) is 16.5 Å². The van der Waals surface area contributed by atoms with Crippen LogP contribution >= 0.6 is 0 Å². The van der Waals surface area contributed by atoms with E-state index in [-0.39, 0.29) is 0 Å². The fourth-order valence-corrected chi connectivity index (χ4v) is 12.0. The zero-order chi connectivity index (χ0) is 32.5. The molecular weight excluding hydrogens is 599 g/mol. The lowest BCUT2D eigenvalue weighted by atomic mass is 10.1. The minimum atomic E-state index is -2.58. The molecule has 0 aliphatic rings. The lowest BCUT2D eigenvalue weighted by Gasteiger charge is -2.34. The van der Waals surface area contributed by atoms with Crippen LogP contribution in [-0.2, 0) is 0 Å². The van der Waals surface area contributed by atoms with Gasteiger partial charge in [0.05, 0.1) is 34.3 Å². The Hall–Kier alpha value is -6.46. The van der Waals surface area contributed by atoms with Gasteiger partial charge in [-0.1, -0.05) is 127 Å². The summed E-state index contributed by atoms with van der Waals surface area (Å²) in [6.07, 6.45) is 0. The molecule has 0 fully saturated rings. The van der Waals surface area contributed by atoms with Gasteiger partial charge in [0.15, 0.2) is 8.07 Å². The van der Waals surface area contributed by atoms with Crippen LogP contribution in [0.1, 0.15) is 11.1 Å². The Morgan fingerprint density at radius 2 is 0.771 bits per heavy atom. The largest absolute Gasteiger partial charge is 0.309 e. The Morgan fingerprint density at radius 3 is 1.17 bits per heavy atom. The summed E-state index contributed by atoms with van der Waals surface area (Å²) in [5, 5.41) is 26.5. The fraction of sp³-hybridized carbons (Fsp3) is 0. The normalized spacial score (nSPS) is 11.3. The SMILES string of the molecule is N#Cc1ccc2c(c1)c1cc(C#N)ccc1n2-c1ccc(-c2ccc([Si](c3ccccc3)(c3ccccc3)c3ccccc3)cc2)cc1. The van der Waals surface area contributed by atoms with Crippen molar-refractivity contribution in [3.05, 3.63) is 187 Å². The molecule has 1 aromatic heterocycles. The molecule has 0 aliphatic heterocycles. The van der Waals surface area contributed by atoms with Crippen molar-refractivity contribution < 1.29 is 0 Å². The van der Waals surface area contributed by atoms with E-state index in [0.717, 1.165) is 38.6 Å². The summed E-state index contributed by atoms with van der Waals surface area (Å²) in [7, 11) is -2.58. The van der Waals surface area contributed by atoms with Crippen molar-refractivity contribution in [2.75, 3.05) is 0 Å². The second kappa shape index (κ2) is 12.0. The highest BCUT2D eigenvalue weighted by Crippen LogP contribution is 2.34. The topological polar surface area (TPSA) is 52.5 Å². The van der Waals surface area contributed by atoms with Crippen molar-refractivity contribution in [1.82, 2.24) is 4.57 Å². The molecule has 0 bridgehead atoms. The number of rotatable bonds is 6. The van der Waals surface area contributed by atoms with Crippen molar-refractivity contribution in [1.29, 1.82) is 10.5 Å². The second-order valence-corrected chi connectivity index (χ2v) is 15.8. The van der Waals surface area contributed by atoms with Gasteiger partial charge >= 0.3 is 0 Å². The highest BCUT2D eigenvalue weighted by atomic mass is 28.3. The first-order chi connectivity index (χ1) is 23.7. The smallest absolute Gasteiger partial charge is 0.179 e. The van der Waals surface area contributed by atoms with Crippen LogP contribution in [-0.4, -0.2) is 12.6 Å². The molecule has 0 unspecified atom stereocenters. The van der Waals surface area contributed by atoms with Crippen LogP contribution < -0.4 is 20.7 Å². The molecule has 0 atom stereocenters. The van der Waals surface area contributed by atoms with Gasteiger partial charge in [-0.25, -0.2) is 0 Å². The molecule has 224 valence electrons. The first kappa shape index (κ1) is 29.0. The van der Waals surface area contributed by atoms with Gasteiger partial charge < -0.3 is 4.57 Å². The summed E-state index contributed by atoms with van der Waals surface area (Å²) in [5.41, 5.74) is 6.51. The number of aromatic nitrogens is 1. The summed E-state index contributed by atoms with van der Waals surface area (Å²) in [4.78, 5) is 0. The third-order valence-electron chi connectivity index (χ3n) is 9.42. The van der Waals surface area contributed by atoms with E-state index in [9.17, 15) is 10.5 Å². The Morgan fingerprint density at radius 1 is 0.396 bits per heavy atom. The molecule has 3 nitrogen and oxygen atoms in total. The molecule has 7 aromatic carbocycles. The first-order valence-electron chi connectivity index (χ1n) is 16.0. The van der Waals surface area contributed by atoms with E-state index in [1.54, 1.807) is 0 Å². The molecule has 0 aliphatic carbocycles. The van der Waals surface area contributed by atoms with E-state index in [0.29, 0.717) is 11.1 Å². The minimum Gasteiger partial charge on any atom is -0.309 e. The predicted molar refractivity (Wildman–Crippen MR) is 199 cm³/mol. The second-order valence-electron chi connectivity index (χ2n) is 12.0. The van der Waals surface area contributed by atoms with Crippen LogP contribution in [0.15, 0.2) is 176 Å². The van der Waals surface area contributed by atoms with Crippen LogP contribution in [0.25, 0.3) is 38.6 Å². The van der Waals surface area contributed by atoms with Crippen LogP contribution in [0.3, 0.4) is 0 Å². The van der Waals surface area contributed by atoms with Gasteiger partial charge in [0.2, 0.25) is 0 Å². The lowest BCUT2D eigenvalue weighted by molar-refractivity contribution is 1.18. The van der Waals surface area contributed by atoms with Crippen molar-refractivity contribution in [3.8, 4) is 29.0 Å². The zero-order valence-corrected chi connectivity index (χ0v) is 27.1. The lowest BCUT2D eigenvalue weighted by Crippen LogP contribution is -2.74. The molecular formula is C44H29N3Si. The predicted octanol–water partition coefficient (Wildman–Crippen LogP) is 7.57. The number of hydrogen-bond donors (Lipinski definition) is 0. The van der Waals surface area contributed by atoms with E-state index in [4.69, 9.17) is 0 Å². The number of nitriles is 2. The van der Waals surface area contributed by atoms with Gasteiger partial charge in [-0.3, -0.25) is 0 Å². The van der Waals surface area contributed by atoms with Gasteiger partial charge in [-0.05, 0) is 80.4 Å². The molecule has 0 spiro atoms. The molecule has 0 saturated carbocycles. The van der Waals surface area contributed by atoms with E-state index in [1.807, 2.05) is 36.4 Å². The summed E-state index contributed by atoms with van der Waals surface area (Å²) in [5.74, 6) is 0. The van der Waals surface area contributed by atoms with Crippen LogP contribution in [0.5, 0.6) is 0 Å². The number of fused-ring (bicyclic) bond motifs is 3. The molecule has 0 N–H and O–H groups in total. The van der Waals surface area contributed by atoms with Crippen molar-refractivity contribution in [2.45, 2.75) is 0 Å². The number of nitrogens with zero attached hydrogens (tertiary/aromatic N) is 3. The number of benzene rings is 7. The van der Waals surface area contributed by atoms with Crippen molar-refractivity contribution in [3.63, 3.8) is 0 Å². The van der Waals surface area contributed by atoms with E-state index in [1.165, 1.54) is 20.7 Å². The number of hydrogen-bond acceptors (Lipinski definition) is 2. The molecule has 0 saturated heterocycles. The average molecular weight is 628 g/mol. The molecule has 4 heteroatoms. The Labute approximate surface area is 280 Å². The van der Waals surface area contributed by atoms with Gasteiger partial charge in [0.25, 0.3) is 0 Å². The third kappa shape index (κ3) is 4.72. The van der Waals surface area contributed by atoms with Gasteiger partial charge in [-0.15, -0.1) is 0 Å². The van der Waals surface area contributed by atoms with E-state index >= 15 is 0 Å². The molecule has 8 aromatic rings. The third-order valence-corrected chi connectivity index (χ3v) is 14.2. The maximum atomic E-state index is 9.56. The standard InChI is InChI=1S/C44H29N3Si/c45-30-32-16-26-43-41(28-32)42-29-33(31-46)17-27-44(42)47(43)36-22-18-34(19-23-36)35-20-24-40(25-21-35)48(37-10-4-1-5-11-37,38-12-6-2-7-13-38)39-14-8-3-9-15-39/h1-29H. The highest BCUT2D eigenvalue weighted by Gasteiger charge is 2.41. The van der Waals surface area contributed by atoms with E-state index < -0.39 is 8.07 Å². The molecule has 0 amide bonds. The first-order valence-corrected chi connectivity index (χ1v) is 18.0. The Balaban J connectivity index is 1.23. The summed E-state index contributed by atoms with van der Waals surface area (Å²) < 4.78 is 2.21. The molecule has 8 rings (SSSR count). The van der Waals surface area contributed by atoms with Crippen molar-refractivity contribution >= 4 is 50.6 Å². The highest BCUT2D eigenvalue weighted by molar-refractivity contribution is 7.19. The van der Waals surface area contributed by atoms with Crippen LogP contribution in [0.4, 0.5) is 0 Å². The molecule has 48 heavy (non-hydrogen) atoms. The van der Waals surface area contributed by atoms with Crippen molar-refractivity contribution in [2.24, 2.45) is 0 Å². The molecule has 1 heterocycles. The molecule has 0 radical (unpaired) electrons. The summed E-state index contributed by atoms with van der Waals surface area (Å²) in [6, 6.07) is 66.8. The summed E-state index contributed by atoms with van der Waals surface area (Å²) in [6.45, 7) is 0. The van der Waals surface area contributed by atoms with Crippen LogP contribution in [0.2, 0.25) is 0 Å².